The number of urea groups is 1. The molecule has 2 N–H and O–H groups in total. The van der Waals surface area contributed by atoms with Crippen LogP contribution in [0, 0.1) is 0 Å². The lowest BCUT2D eigenvalue weighted by Crippen LogP contribution is -2.43. The Hall–Kier alpha value is -2.38. The second kappa shape index (κ2) is 6.18. The van der Waals surface area contributed by atoms with Gasteiger partial charge in [0.15, 0.2) is 5.82 Å². The second-order valence-corrected chi connectivity index (χ2v) is 4.77. The Labute approximate surface area is 117 Å². The molecule has 0 saturated carbocycles. The molecule has 0 radical (unpaired) electrons. The summed E-state index contributed by atoms with van der Waals surface area (Å²) in [4.78, 5) is 11.9. The van der Waals surface area contributed by atoms with Crippen molar-refractivity contribution in [2.45, 2.75) is 32.5 Å². The molecule has 0 saturated heterocycles. The molecule has 2 rings (SSSR count). The standard InChI is InChI=1S/C12H19N7O/c1-9(7-19-6-4-5-14-19)15-12(20)16-10(2)11-17-13-8-18(11)3/h4-6,8-10H,7H2,1-3H3,(H2,15,16,20)/t9-,10-/m0/s1. The lowest BCUT2D eigenvalue weighted by molar-refractivity contribution is 0.232. The second-order valence-electron chi connectivity index (χ2n) is 4.77. The van der Waals surface area contributed by atoms with Crippen LogP contribution in [0.3, 0.4) is 0 Å². The van der Waals surface area contributed by atoms with Crippen molar-refractivity contribution in [2.24, 2.45) is 7.05 Å². The third kappa shape index (κ3) is 3.56. The smallest absolute Gasteiger partial charge is 0.315 e. The summed E-state index contributed by atoms with van der Waals surface area (Å²) < 4.78 is 3.55. The summed E-state index contributed by atoms with van der Waals surface area (Å²) in [6, 6.07) is 1.38. The van der Waals surface area contributed by atoms with Crippen molar-refractivity contribution in [3.8, 4) is 0 Å². The predicted octanol–water partition coefficient (Wildman–Crippen LogP) is 0.460. The maximum absolute atomic E-state index is 11.9. The molecule has 108 valence electrons. The van der Waals surface area contributed by atoms with Crippen molar-refractivity contribution in [1.82, 2.24) is 35.2 Å². The molecule has 20 heavy (non-hydrogen) atoms. The van der Waals surface area contributed by atoms with E-state index in [0.717, 1.165) is 0 Å². The van der Waals surface area contributed by atoms with Crippen LogP contribution in [0.2, 0.25) is 0 Å². The maximum atomic E-state index is 11.9. The highest BCUT2D eigenvalue weighted by Gasteiger charge is 2.15. The van der Waals surface area contributed by atoms with Crippen molar-refractivity contribution >= 4 is 6.03 Å². The molecule has 0 fully saturated rings. The first-order valence-corrected chi connectivity index (χ1v) is 6.44. The summed E-state index contributed by atoms with van der Waals surface area (Å²) in [7, 11) is 1.84. The lowest BCUT2D eigenvalue weighted by Gasteiger charge is -2.17. The first-order valence-electron chi connectivity index (χ1n) is 6.44. The summed E-state index contributed by atoms with van der Waals surface area (Å²) in [5.41, 5.74) is 0. The number of nitrogens with one attached hydrogen (secondary N) is 2. The van der Waals surface area contributed by atoms with Crippen LogP contribution in [-0.2, 0) is 13.6 Å². The van der Waals surface area contributed by atoms with Crippen molar-refractivity contribution in [1.29, 1.82) is 0 Å². The van der Waals surface area contributed by atoms with Gasteiger partial charge in [0.05, 0.1) is 12.6 Å². The Kier molecular flexibility index (Phi) is 4.34. The molecule has 0 aromatic carbocycles. The largest absolute Gasteiger partial charge is 0.334 e. The quantitative estimate of drug-likeness (QED) is 0.831. The third-order valence-corrected chi connectivity index (χ3v) is 2.88. The van der Waals surface area contributed by atoms with Gasteiger partial charge in [-0.25, -0.2) is 4.79 Å². The van der Waals surface area contributed by atoms with E-state index < -0.39 is 0 Å². The monoisotopic (exact) mass is 277 g/mol. The van der Waals surface area contributed by atoms with Crippen LogP contribution in [0.1, 0.15) is 25.7 Å². The molecular weight excluding hydrogens is 258 g/mol. The normalized spacial score (nSPS) is 13.8. The van der Waals surface area contributed by atoms with Gasteiger partial charge >= 0.3 is 6.03 Å². The van der Waals surface area contributed by atoms with E-state index in [0.29, 0.717) is 12.4 Å². The summed E-state index contributed by atoms with van der Waals surface area (Å²) in [5.74, 6) is 0.708. The van der Waals surface area contributed by atoms with Gasteiger partial charge in [-0.1, -0.05) is 0 Å². The van der Waals surface area contributed by atoms with Crippen LogP contribution in [-0.4, -0.2) is 36.6 Å². The molecule has 0 bridgehead atoms. The topological polar surface area (TPSA) is 89.7 Å². The number of hydrogen-bond donors (Lipinski definition) is 2. The number of carbonyl (C=O) groups is 1. The Morgan fingerprint density at radius 1 is 1.40 bits per heavy atom. The molecule has 8 nitrogen and oxygen atoms in total. The van der Waals surface area contributed by atoms with E-state index in [9.17, 15) is 4.79 Å². The highest BCUT2D eigenvalue weighted by molar-refractivity contribution is 5.74. The van der Waals surface area contributed by atoms with Crippen LogP contribution >= 0.6 is 0 Å². The molecule has 0 unspecified atom stereocenters. The number of rotatable bonds is 5. The van der Waals surface area contributed by atoms with E-state index in [1.165, 1.54) is 0 Å². The molecule has 0 spiro atoms. The van der Waals surface area contributed by atoms with Crippen LogP contribution in [0.15, 0.2) is 24.8 Å². The van der Waals surface area contributed by atoms with Gasteiger partial charge < -0.3 is 15.2 Å². The minimum Gasteiger partial charge on any atom is -0.334 e. The van der Waals surface area contributed by atoms with Crippen molar-refractivity contribution in [3.63, 3.8) is 0 Å². The van der Waals surface area contributed by atoms with Crippen LogP contribution < -0.4 is 10.6 Å². The number of aryl methyl sites for hydroxylation is 1. The van der Waals surface area contributed by atoms with Crippen LogP contribution in [0.25, 0.3) is 0 Å². The Balaban J connectivity index is 1.81. The Morgan fingerprint density at radius 3 is 2.80 bits per heavy atom. The zero-order valence-corrected chi connectivity index (χ0v) is 11.8. The summed E-state index contributed by atoms with van der Waals surface area (Å²) in [6.07, 6.45) is 5.17. The average molecular weight is 277 g/mol. The number of hydrogen-bond acceptors (Lipinski definition) is 4. The minimum absolute atomic E-state index is 0.0263. The number of aromatic nitrogens is 5. The zero-order chi connectivity index (χ0) is 14.5. The molecule has 8 heteroatoms. The Morgan fingerprint density at radius 2 is 2.20 bits per heavy atom. The fraction of sp³-hybridized carbons (Fsp3) is 0.500. The number of amides is 2. The average Bonchev–Trinajstić information content (AvgIpc) is 2.99. The van der Waals surface area contributed by atoms with Gasteiger partial charge in [0.2, 0.25) is 0 Å². The minimum atomic E-state index is -0.236. The Bertz CT molecular complexity index is 548. The van der Waals surface area contributed by atoms with E-state index in [2.05, 4.69) is 25.9 Å². The van der Waals surface area contributed by atoms with Crippen LogP contribution in [0.4, 0.5) is 4.79 Å². The van der Waals surface area contributed by atoms with E-state index in [1.807, 2.05) is 33.2 Å². The van der Waals surface area contributed by atoms with Gasteiger partial charge in [0.1, 0.15) is 6.33 Å². The lowest BCUT2D eigenvalue weighted by atomic mass is 10.3. The van der Waals surface area contributed by atoms with E-state index in [4.69, 9.17) is 0 Å². The highest BCUT2D eigenvalue weighted by Crippen LogP contribution is 2.06. The molecule has 2 heterocycles. The third-order valence-electron chi connectivity index (χ3n) is 2.88. The van der Waals surface area contributed by atoms with Gasteiger partial charge in [0.25, 0.3) is 0 Å². The van der Waals surface area contributed by atoms with Gasteiger partial charge in [-0.15, -0.1) is 10.2 Å². The van der Waals surface area contributed by atoms with Gasteiger partial charge in [-0.3, -0.25) is 4.68 Å². The number of nitrogens with zero attached hydrogens (tertiary/aromatic N) is 5. The first-order chi connectivity index (χ1) is 9.56. The molecule has 0 aliphatic rings. The fourth-order valence-corrected chi connectivity index (χ4v) is 1.95. The molecule has 2 aromatic heterocycles. The predicted molar refractivity (Wildman–Crippen MR) is 72.8 cm³/mol. The molecule has 2 atom stereocenters. The van der Waals surface area contributed by atoms with Crippen molar-refractivity contribution < 1.29 is 4.79 Å². The SMILES string of the molecule is C[C@H](NC(=O)N[C@@H](C)Cn1cccn1)c1nncn1C. The molecular formula is C12H19N7O. The van der Waals surface area contributed by atoms with Gasteiger partial charge in [0, 0.05) is 25.5 Å². The number of carbonyl (C=O) groups excluding carboxylic acids is 1. The molecule has 2 aromatic rings. The molecule has 0 aliphatic carbocycles. The van der Waals surface area contributed by atoms with Crippen molar-refractivity contribution in [2.75, 3.05) is 0 Å². The van der Waals surface area contributed by atoms with E-state index in [-0.39, 0.29) is 18.1 Å². The van der Waals surface area contributed by atoms with Crippen LogP contribution in [0.5, 0.6) is 0 Å². The van der Waals surface area contributed by atoms with Gasteiger partial charge in [-0.2, -0.15) is 5.10 Å². The summed E-state index contributed by atoms with van der Waals surface area (Å²) >= 11 is 0. The summed E-state index contributed by atoms with van der Waals surface area (Å²) in [5, 5.41) is 17.5. The molecule has 2 amide bonds. The summed E-state index contributed by atoms with van der Waals surface area (Å²) in [6.45, 7) is 4.41. The maximum Gasteiger partial charge on any atom is 0.315 e. The first kappa shape index (κ1) is 14.0. The fourth-order valence-electron chi connectivity index (χ4n) is 1.95. The van der Waals surface area contributed by atoms with Gasteiger partial charge in [-0.05, 0) is 19.9 Å². The molecule has 0 aliphatic heterocycles. The van der Waals surface area contributed by atoms with Crippen molar-refractivity contribution in [3.05, 3.63) is 30.6 Å². The highest BCUT2D eigenvalue weighted by atomic mass is 16.2. The van der Waals surface area contributed by atoms with E-state index >= 15 is 0 Å². The zero-order valence-electron chi connectivity index (χ0n) is 11.8. The van der Waals surface area contributed by atoms with E-state index in [1.54, 1.807) is 21.8 Å².